The molecule has 1 amide bonds. The topological polar surface area (TPSA) is 98.3 Å². The highest BCUT2D eigenvalue weighted by molar-refractivity contribution is 7.07. The van der Waals surface area contributed by atoms with Crippen molar-refractivity contribution in [1.29, 1.82) is 0 Å². The largest absolute Gasteiger partial charge is 0.399 e. The summed E-state index contributed by atoms with van der Waals surface area (Å²) in [4.78, 5) is 22.2. The van der Waals surface area contributed by atoms with E-state index in [9.17, 15) is 14.9 Å². The average molecular weight is 277 g/mol. The summed E-state index contributed by atoms with van der Waals surface area (Å²) in [5.41, 5.74) is 6.54. The molecule has 3 N–H and O–H groups in total. The summed E-state index contributed by atoms with van der Waals surface area (Å²) >= 11 is 1.52. The number of amides is 1. The molecule has 0 aliphatic heterocycles. The first-order chi connectivity index (χ1) is 9.08. The minimum atomic E-state index is -0.598. The highest BCUT2D eigenvalue weighted by Gasteiger charge is 2.19. The molecule has 98 valence electrons. The van der Waals surface area contributed by atoms with E-state index < -0.39 is 10.8 Å². The number of benzene rings is 1. The van der Waals surface area contributed by atoms with Gasteiger partial charge in [0.25, 0.3) is 11.6 Å². The number of carbonyl (C=O) groups is 1. The number of rotatable bonds is 4. The van der Waals surface area contributed by atoms with Gasteiger partial charge < -0.3 is 11.1 Å². The van der Waals surface area contributed by atoms with E-state index in [-0.39, 0.29) is 11.3 Å². The molecule has 0 saturated heterocycles. The predicted octanol–water partition coefficient (Wildman–Crippen LogP) is 2.17. The maximum atomic E-state index is 11.9. The normalized spacial score (nSPS) is 10.1. The molecule has 0 atom stereocenters. The lowest BCUT2D eigenvalue weighted by molar-refractivity contribution is -0.385. The van der Waals surface area contributed by atoms with E-state index in [1.54, 1.807) is 0 Å². The monoisotopic (exact) mass is 277 g/mol. The van der Waals surface area contributed by atoms with Crippen molar-refractivity contribution in [3.05, 3.63) is 56.3 Å². The van der Waals surface area contributed by atoms with Crippen molar-refractivity contribution < 1.29 is 9.72 Å². The van der Waals surface area contributed by atoms with E-state index in [1.807, 2.05) is 16.8 Å². The van der Waals surface area contributed by atoms with Crippen LogP contribution in [-0.4, -0.2) is 10.8 Å². The van der Waals surface area contributed by atoms with E-state index in [1.165, 1.54) is 29.5 Å². The van der Waals surface area contributed by atoms with Gasteiger partial charge in [-0.3, -0.25) is 14.9 Å². The molecule has 0 fully saturated rings. The number of anilines is 1. The summed E-state index contributed by atoms with van der Waals surface area (Å²) in [7, 11) is 0. The fraction of sp³-hybridized carbons (Fsp3) is 0.0833. The quantitative estimate of drug-likeness (QED) is 0.508. The lowest BCUT2D eigenvalue weighted by Crippen LogP contribution is -2.23. The third-order valence-electron chi connectivity index (χ3n) is 2.50. The molecule has 0 aliphatic carbocycles. The molecule has 0 bridgehead atoms. The van der Waals surface area contributed by atoms with E-state index >= 15 is 0 Å². The molecule has 0 spiro atoms. The average Bonchev–Trinajstić information content (AvgIpc) is 2.88. The summed E-state index contributed by atoms with van der Waals surface area (Å²) in [5, 5.41) is 17.3. The van der Waals surface area contributed by atoms with Crippen molar-refractivity contribution in [2.75, 3.05) is 5.73 Å². The van der Waals surface area contributed by atoms with Crippen LogP contribution in [0.15, 0.2) is 35.0 Å². The molecule has 0 aliphatic rings. The van der Waals surface area contributed by atoms with Crippen molar-refractivity contribution in [3.63, 3.8) is 0 Å². The van der Waals surface area contributed by atoms with Gasteiger partial charge in [0.2, 0.25) is 0 Å². The Balaban J connectivity index is 2.18. The second-order valence-corrected chi connectivity index (χ2v) is 4.63. The first-order valence-corrected chi connectivity index (χ1v) is 6.35. The smallest absolute Gasteiger partial charge is 0.282 e. The van der Waals surface area contributed by atoms with Crippen LogP contribution in [0.4, 0.5) is 11.4 Å². The number of hydrogen-bond donors (Lipinski definition) is 2. The van der Waals surface area contributed by atoms with E-state index in [4.69, 9.17) is 5.73 Å². The van der Waals surface area contributed by atoms with Gasteiger partial charge in [-0.1, -0.05) is 0 Å². The van der Waals surface area contributed by atoms with Gasteiger partial charge in [0.1, 0.15) is 5.56 Å². The Morgan fingerprint density at radius 3 is 2.84 bits per heavy atom. The molecule has 6 nitrogen and oxygen atoms in total. The van der Waals surface area contributed by atoms with Gasteiger partial charge >= 0.3 is 0 Å². The van der Waals surface area contributed by atoms with Crippen LogP contribution in [0, 0.1) is 10.1 Å². The van der Waals surface area contributed by atoms with E-state index in [0.29, 0.717) is 12.2 Å². The molecule has 1 aromatic carbocycles. The number of carbonyl (C=O) groups excluding carboxylic acids is 1. The Morgan fingerprint density at radius 1 is 1.42 bits per heavy atom. The Bertz CT molecular complexity index is 611. The van der Waals surface area contributed by atoms with Gasteiger partial charge in [0, 0.05) is 18.3 Å². The molecule has 1 aromatic heterocycles. The van der Waals surface area contributed by atoms with Crippen LogP contribution < -0.4 is 11.1 Å². The summed E-state index contributed by atoms with van der Waals surface area (Å²) in [5.74, 6) is -0.509. The zero-order valence-corrected chi connectivity index (χ0v) is 10.6. The zero-order valence-electron chi connectivity index (χ0n) is 9.83. The van der Waals surface area contributed by atoms with Crippen molar-refractivity contribution in [1.82, 2.24) is 5.32 Å². The second kappa shape index (κ2) is 5.49. The molecular weight excluding hydrogens is 266 g/mol. The SMILES string of the molecule is Nc1ccc([N+](=O)[O-])c(C(=O)NCc2ccsc2)c1. The van der Waals surface area contributed by atoms with Gasteiger partial charge in [-0.2, -0.15) is 11.3 Å². The Morgan fingerprint density at radius 2 is 2.21 bits per heavy atom. The molecule has 2 aromatic rings. The molecule has 0 saturated carbocycles. The molecule has 7 heteroatoms. The fourth-order valence-electron chi connectivity index (χ4n) is 1.57. The van der Waals surface area contributed by atoms with E-state index in [2.05, 4.69) is 5.32 Å². The maximum Gasteiger partial charge on any atom is 0.282 e. The number of nitrogens with two attached hydrogens (primary N) is 1. The third-order valence-corrected chi connectivity index (χ3v) is 3.23. The van der Waals surface area contributed by atoms with Crippen molar-refractivity contribution in [3.8, 4) is 0 Å². The standard InChI is InChI=1S/C12H11N3O3S/c13-9-1-2-11(15(17)18)10(5-9)12(16)14-6-8-3-4-19-7-8/h1-5,7H,6,13H2,(H,14,16). The molecule has 19 heavy (non-hydrogen) atoms. The second-order valence-electron chi connectivity index (χ2n) is 3.85. The molecule has 1 heterocycles. The van der Waals surface area contributed by atoms with Gasteiger partial charge in [0.15, 0.2) is 0 Å². The van der Waals surface area contributed by atoms with Crippen LogP contribution >= 0.6 is 11.3 Å². The van der Waals surface area contributed by atoms with Gasteiger partial charge in [-0.25, -0.2) is 0 Å². The Labute approximate surface area is 113 Å². The van der Waals surface area contributed by atoms with Crippen LogP contribution in [0.3, 0.4) is 0 Å². The highest BCUT2D eigenvalue weighted by atomic mass is 32.1. The Kier molecular flexibility index (Phi) is 3.76. The first kappa shape index (κ1) is 13.0. The lowest BCUT2D eigenvalue weighted by atomic mass is 10.1. The number of thiophene rings is 1. The van der Waals surface area contributed by atoms with E-state index in [0.717, 1.165) is 5.56 Å². The highest BCUT2D eigenvalue weighted by Crippen LogP contribution is 2.21. The number of nitrogens with one attached hydrogen (secondary N) is 1. The summed E-state index contributed by atoms with van der Waals surface area (Å²) < 4.78 is 0. The molecule has 0 radical (unpaired) electrons. The van der Waals surface area contributed by atoms with Crippen molar-refractivity contribution in [2.24, 2.45) is 0 Å². The number of nitro benzene ring substituents is 1. The summed E-state index contributed by atoms with van der Waals surface area (Å²) in [6.45, 7) is 0.328. The van der Waals surface area contributed by atoms with Crippen LogP contribution in [-0.2, 0) is 6.54 Å². The van der Waals surface area contributed by atoms with Crippen LogP contribution in [0.2, 0.25) is 0 Å². The lowest BCUT2D eigenvalue weighted by Gasteiger charge is -2.05. The number of nitrogen functional groups attached to an aromatic ring is 1. The van der Waals surface area contributed by atoms with Gasteiger partial charge in [-0.05, 0) is 34.5 Å². The predicted molar refractivity (Wildman–Crippen MR) is 73.0 cm³/mol. The van der Waals surface area contributed by atoms with Crippen LogP contribution in [0.1, 0.15) is 15.9 Å². The fourth-order valence-corrected chi connectivity index (χ4v) is 2.23. The summed E-state index contributed by atoms with van der Waals surface area (Å²) in [6, 6.07) is 5.81. The van der Waals surface area contributed by atoms with Crippen molar-refractivity contribution in [2.45, 2.75) is 6.54 Å². The number of nitrogens with zero attached hydrogens (tertiary/aromatic N) is 1. The summed E-state index contributed by atoms with van der Waals surface area (Å²) in [6.07, 6.45) is 0. The Hall–Kier alpha value is -2.41. The number of hydrogen-bond acceptors (Lipinski definition) is 5. The minimum Gasteiger partial charge on any atom is -0.399 e. The van der Waals surface area contributed by atoms with Crippen LogP contribution in [0.5, 0.6) is 0 Å². The number of nitro groups is 1. The zero-order chi connectivity index (χ0) is 13.8. The molecular formula is C12H11N3O3S. The van der Waals surface area contributed by atoms with Gasteiger partial charge in [0.05, 0.1) is 4.92 Å². The maximum absolute atomic E-state index is 11.9. The molecule has 2 rings (SSSR count). The van der Waals surface area contributed by atoms with Gasteiger partial charge in [-0.15, -0.1) is 0 Å². The first-order valence-electron chi connectivity index (χ1n) is 5.41. The molecule has 0 unspecified atom stereocenters. The minimum absolute atomic E-state index is 0.0276. The van der Waals surface area contributed by atoms with Crippen LogP contribution in [0.25, 0.3) is 0 Å². The van der Waals surface area contributed by atoms with Crippen molar-refractivity contribution >= 4 is 28.6 Å². The third kappa shape index (κ3) is 3.08.